The van der Waals surface area contributed by atoms with E-state index in [1.165, 1.54) is 16.0 Å². The zero-order chi connectivity index (χ0) is 27.6. The average molecular weight is 555 g/mol. The van der Waals surface area contributed by atoms with Gasteiger partial charge in [-0.3, -0.25) is 19.5 Å². The van der Waals surface area contributed by atoms with Crippen LogP contribution >= 0.6 is 11.3 Å². The van der Waals surface area contributed by atoms with E-state index in [0.717, 1.165) is 47.4 Å². The lowest BCUT2D eigenvalue weighted by Crippen LogP contribution is -2.34. The molecule has 6 nitrogen and oxygen atoms in total. The molecule has 2 fully saturated rings. The van der Waals surface area contributed by atoms with Crippen molar-refractivity contribution in [2.75, 3.05) is 6.61 Å². The number of hydrogen-bond donors (Lipinski definition) is 1. The molecule has 3 aliphatic rings. The second-order valence-corrected chi connectivity index (χ2v) is 12.0. The Labute approximate surface area is 239 Å². The highest BCUT2D eigenvalue weighted by molar-refractivity contribution is 7.09. The third-order valence-electron chi connectivity index (χ3n) is 8.43. The summed E-state index contributed by atoms with van der Waals surface area (Å²) in [5, 5.41) is 12.0. The number of likely N-dealkylation sites (tertiary alicyclic amines) is 1. The van der Waals surface area contributed by atoms with Crippen molar-refractivity contribution >= 4 is 34.8 Å². The minimum Gasteiger partial charge on any atom is -0.508 e. The molecule has 2 saturated heterocycles. The highest BCUT2D eigenvalue weighted by Crippen LogP contribution is 2.51. The maximum atomic E-state index is 13.7. The number of carbonyl (C=O) groups excluding carboxylic acids is 2. The fourth-order valence-corrected chi connectivity index (χ4v) is 7.41. The highest BCUT2D eigenvalue weighted by Gasteiger charge is 2.56. The van der Waals surface area contributed by atoms with Gasteiger partial charge in [0.05, 0.1) is 36.8 Å². The van der Waals surface area contributed by atoms with E-state index in [4.69, 9.17) is 4.74 Å². The van der Waals surface area contributed by atoms with Crippen LogP contribution in [0, 0.1) is 17.8 Å². The van der Waals surface area contributed by atoms with E-state index in [2.05, 4.69) is 18.0 Å². The second kappa shape index (κ2) is 11.5. The second-order valence-electron chi connectivity index (χ2n) is 10.9. The van der Waals surface area contributed by atoms with Crippen molar-refractivity contribution in [3.8, 4) is 5.75 Å². The molecule has 3 aromatic rings. The van der Waals surface area contributed by atoms with Crippen LogP contribution in [-0.2, 0) is 20.9 Å². The van der Waals surface area contributed by atoms with Gasteiger partial charge < -0.3 is 9.84 Å². The Bertz CT molecular complexity index is 1450. The molecule has 2 aromatic heterocycles. The van der Waals surface area contributed by atoms with Crippen molar-refractivity contribution in [2.24, 2.45) is 17.8 Å². The number of benzene rings is 1. The number of imide groups is 1. The zero-order valence-corrected chi connectivity index (χ0v) is 23.5. The number of phenols is 1. The van der Waals surface area contributed by atoms with E-state index in [-0.39, 0.29) is 41.4 Å². The third kappa shape index (κ3) is 5.16. The maximum Gasteiger partial charge on any atom is 0.234 e. The first-order valence-corrected chi connectivity index (χ1v) is 15.0. The van der Waals surface area contributed by atoms with Crippen LogP contribution in [0.25, 0.3) is 11.6 Å². The Morgan fingerprint density at radius 1 is 1.12 bits per heavy atom. The van der Waals surface area contributed by atoms with E-state index >= 15 is 0 Å². The number of fused-ring (bicyclic) bond motifs is 3. The van der Waals surface area contributed by atoms with Crippen LogP contribution in [0.15, 0.2) is 77.3 Å². The number of ether oxygens (including phenoxy) is 1. The van der Waals surface area contributed by atoms with Crippen LogP contribution in [0.3, 0.4) is 0 Å². The van der Waals surface area contributed by atoms with E-state index < -0.39 is 0 Å². The molecule has 0 unspecified atom stereocenters. The lowest BCUT2D eigenvalue weighted by Gasteiger charge is -2.32. The van der Waals surface area contributed by atoms with Gasteiger partial charge >= 0.3 is 0 Å². The summed E-state index contributed by atoms with van der Waals surface area (Å²) in [4.78, 5) is 34.3. The number of allylic oxidation sites excluding steroid dienone is 2. The summed E-state index contributed by atoms with van der Waals surface area (Å²) in [5.74, 6) is -0.477. The number of aromatic nitrogens is 1. The molecule has 4 heterocycles. The van der Waals surface area contributed by atoms with E-state index in [1.54, 1.807) is 29.7 Å². The van der Waals surface area contributed by atoms with Gasteiger partial charge in [0.1, 0.15) is 5.75 Å². The van der Waals surface area contributed by atoms with Gasteiger partial charge in [0, 0.05) is 17.0 Å². The first kappa shape index (κ1) is 26.7. The summed E-state index contributed by atoms with van der Waals surface area (Å²) >= 11 is 1.58. The van der Waals surface area contributed by atoms with Gasteiger partial charge in [-0.15, -0.1) is 11.3 Å². The van der Waals surface area contributed by atoms with E-state index in [0.29, 0.717) is 19.6 Å². The molecular weight excluding hydrogens is 520 g/mol. The van der Waals surface area contributed by atoms with Crippen LogP contribution in [0.5, 0.6) is 5.75 Å². The number of hydrogen-bond acceptors (Lipinski definition) is 6. The number of aromatic hydroxyl groups is 1. The zero-order valence-electron chi connectivity index (χ0n) is 22.7. The van der Waals surface area contributed by atoms with Crippen molar-refractivity contribution in [1.82, 2.24) is 9.88 Å². The molecule has 4 atom stereocenters. The molecular formula is C33H34N2O4S. The molecule has 1 aliphatic carbocycles. The maximum absolute atomic E-state index is 13.7. The Hall–Kier alpha value is -3.55. The fourth-order valence-electron chi connectivity index (χ4n) is 6.72. The number of nitrogens with zero attached hydrogens (tertiary/aromatic N) is 2. The first-order valence-electron chi connectivity index (χ1n) is 14.2. The van der Waals surface area contributed by atoms with Gasteiger partial charge in [-0.25, -0.2) is 0 Å². The van der Waals surface area contributed by atoms with Crippen molar-refractivity contribution in [1.29, 1.82) is 0 Å². The summed E-state index contributed by atoms with van der Waals surface area (Å²) in [7, 11) is 0. The van der Waals surface area contributed by atoms with Gasteiger partial charge in [0.15, 0.2) is 0 Å². The molecule has 206 valence electrons. The van der Waals surface area contributed by atoms with Gasteiger partial charge in [0.2, 0.25) is 11.8 Å². The first-order chi connectivity index (χ1) is 19.5. The van der Waals surface area contributed by atoms with Crippen molar-refractivity contribution in [3.05, 3.63) is 93.5 Å². The molecule has 1 aromatic carbocycles. The van der Waals surface area contributed by atoms with Gasteiger partial charge in [-0.2, -0.15) is 0 Å². The molecule has 1 N–H and O–H groups in total. The largest absolute Gasteiger partial charge is 0.508 e. The van der Waals surface area contributed by atoms with Crippen LogP contribution in [0.1, 0.15) is 55.2 Å². The summed E-state index contributed by atoms with van der Waals surface area (Å²) in [5.41, 5.74) is 5.45. The Morgan fingerprint density at radius 2 is 2.02 bits per heavy atom. The quantitative estimate of drug-likeness (QED) is 0.242. The molecule has 0 spiro atoms. The summed E-state index contributed by atoms with van der Waals surface area (Å²) < 4.78 is 6.44. The van der Waals surface area contributed by atoms with E-state index in [9.17, 15) is 14.7 Å². The number of rotatable bonds is 9. The molecule has 40 heavy (non-hydrogen) atoms. The van der Waals surface area contributed by atoms with E-state index in [1.807, 2.05) is 47.8 Å². The Kier molecular flexibility index (Phi) is 7.67. The monoisotopic (exact) mass is 554 g/mol. The predicted octanol–water partition coefficient (Wildman–Crippen LogP) is 6.49. The lowest BCUT2D eigenvalue weighted by atomic mass is 9.68. The van der Waals surface area contributed by atoms with Crippen LogP contribution in [0.4, 0.5) is 0 Å². The van der Waals surface area contributed by atoms with Crippen molar-refractivity contribution in [3.63, 3.8) is 0 Å². The number of amides is 2. The summed E-state index contributed by atoms with van der Waals surface area (Å²) in [6.45, 7) is 3.02. The third-order valence-corrected chi connectivity index (χ3v) is 9.29. The van der Waals surface area contributed by atoms with Gasteiger partial charge in [-0.1, -0.05) is 43.2 Å². The molecule has 2 aliphatic heterocycles. The topological polar surface area (TPSA) is 79.7 Å². The average Bonchev–Trinajstić information content (AvgIpc) is 3.68. The smallest absolute Gasteiger partial charge is 0.234 e. The normalized spacial score (nSPS) is 24.5. The van der Waals surface area contributed by atoms with Crippen LogP contribution in [-0.4, -0.2) is 39.5 Å². The number of carbonyl (C=O) groups is 2. The molecule has 7 heteroatoms. The van der Waals surface area contributed by atoms with Crippen molar-refractivity contribution in [2.45, 2.75) is 51.7 Å². The van der Waals surface area contributed by atoms with Crippen LogP contribution in [0.2, 0.25) is 0 Å². The number of phenolic OH excluding ortho intramolecular Hbond substituents is 1. The van der Waals surface area contributed by atoms with Crippen LogP contribution < -0.4 is 0 Å². The SMILES string of the molecule is CCCC1=C2[C@@H](CC/C(=C/c3cccc(O)c3)c3ccccn3)OC[C@@H]2[C@@H]2C(=O)N(Cc3cccs3)C(=O)[C@@H]2C1. The highest BCUT2D eigenvalue weighted by atomic mass is 32.1. The molecule has 0 bridgehead atoms. The fraction of sp³-hybridized carbons (Fsp3) is 0.364. The minimum atomic E-state index is -0.328. The summed E-state index contributed by atoms with van der Waals surface area (Å²) in [6, 6.07) is 17.1. The number of pyridine rings is 1. The molecule has 2 amide bonds. The van der Waals surface area contributed by atoms with Crippen molar-refractivity contribution < 1.29 is 19.4 Å². The predicted molar refractivity (Wildman–Crippen MR) is 156 cm³/mol. The summed E-state index contributed by atoms with van der Waals surface area (Å²) in [6.07, 6.45) is 7.86. The lowest BCUT2D eigenvalue weighted by molar-refractivity contribution is -0.140. The molecule has 6 rings (SSSR count). The molecule has 0 saturated carbocycles. The number of thiophene rings is 1. The van der Waals surface area contributed by atoms with Gasteiger partial charge in [0.25, 0.3) is 0 Å². The Balaban J connectivity index is 1.26. The van der Waals surface area contributed by atoms with Gasteiger partial charge in [-0.05, 0) is 84.2 Å². The standard InChI is InChI=1S/C33H34N2O4S/c1-2-7-23-18-26-31(33(38)35(32(26)37)19-25-10-6-15-40-25)27-20-39-29(30(23)27)13-12-22(28-11-3-4-14-34-28)16-21-8-5-9-24(36)17-21/h3-6,8-11,14-17,26-27,29,31,36H,2,7,12-13,18-20H2,1H3/b22-16-/t26-,27+,29-,31-/m1/s1. The molecule has 0 radical (unpaired) electrons. The minimum absolute atomic E-state index is 0.0222. The Morgan fingerprint density at radius 3 is 2.77 bits per heavy atom.